The van der Waals surface area contributed by atoms with E-state index in [1.165, 1.54) is 6.92 Å². The van der Waals surface area contributed by atoms with Crippen molar-refractivity contribution in [1.29, 1.82) is 0 Å². The van der Waals surface area contributed by atoms with Gasteiger partial charge in [-0.1, -0.05) is 29.8 Å². The molecule has 0 aromatic heterocycles. The maximum absolute atomic E-state index is 12.2. The van der Waals surface area contributed by atoms with E-state index in [-0.39, 0.29) is 18.2 Å². The summed E-state index contributed by atoms with van der Waals surface area (Å²) >= 11 is 5.81. The van der Waals surface area contributed by atoms with Crippen LogP contribution in [0.4, 0.5) is 11.4 Å². The van der Waals surface area contributed by atoms with Gasteiger partial charge < -0.3 is 15.7 Å². The maximum Gasteiger partial charge on any atom is 0.227 e. The number of carbonyl (C=O) groups excluding carboxylic acids is 2. The van der Waals surface area contributed by atoms with Crippen LogP contribution in [0.15, 0.2) is 42.5 Å². The normalized spacial score (nSPS) is 11.7. The lowest BCUT2D eigenvalue weighted by molar-refractivity contribution is -0.118. The molecule has 3 N–H and O–H groups in total. The van der Waals surface area contributed by atoms with Gasteiger partial charge in [-0.3, -0.25) is 9.59 Å². The molecular weight excluding hydrogens is 328 g/mol. The van der Waals surface area contributed by atoms with Gasteiger partial charge in [-0.25, -0.2) is 0 Å². The topological polar surface area (TPSA) is 78.4 Å². The largest absolute Gasteiger partial charge is 0.388 e. The lowest BCUT2D eigenvalue weighted by atomic mass is 10.1. The van der Waals surface area contributed by atoms with E-state index < -0.39 is 6.10 Å². The molecule has 0 aliphatic carbocycles. The highest BCUT2D eigenvalue weighted by atomic mass is 35.5. The van der Waals surface area contributed by atoms with Crippen LogP contribution in [0.5, 0.6) is 0 Å². The fourth-order valence-corrected chi connectivity index (χ4v) is 2.34. The molecule has 2 aromatic rings. The number of nitrogens with one attached hydrogen (secondary N) is 2. The first-order valence-corrected chi connectivity index (χ1v) is 7.84. The molecule has 1 atom stereocenters. The molecule has 2 rings (SSSR count). The highest BCUT2D eigenvalue weighted by Gasteiger charge is 2.14. The third kappa shape index (κ3) is 5.08. The molecule has 0 fully saturated rings. The smallest absolute Gasteiger partial charge is 0.227 e. The lowest BCUT2D eigenvalue weighted by Gasteiger charge is -2.14. The van der Waals surface area contributed by atoms with Crippen molar-refractivity contribution in [2.75, 3.05) is 10.6 Å². The van der Waals surface area contributed by atoms with Gasteiger partial charge in [0, 0.05) is 23.3 Å². The predicted octanol–water partition coefficient (Wildman–Crippen LogP) is 3.67. The van der Waals surface area contributed by atoms with Gasteiger partial charge in [-0.05, 0) is 42.3 Å². The number of carbonyl (C=O) groups is 2. The van der Waals surface area contributed by atoms with E-state index in [9.17, 15) is 14.7 Å². The van der Waals surface area contributed by atoms with Crippen LogP contribution >= 0.6 is 11.6 Å². The number of amides is 2. The minimum absolute atomic E-state index is 0.0779. The van der Waals surface area contributed by atoms with Crippen molar-refractivity contribution in [2.45, 2.75) is 26.4 Å². The molecule has 0 bridgehead atoms. The van der Waals surface area contributed by atoms with Gasteiger partial charge in [0.2, 0.25) is 11.8 Å². The van der Waals surface area contributed by atoms with Gasteiger partial charge >= 0.3 is 0 Å². The Labute approximate surface area is 145 Å². The van der Waals surface area contributed by atoms with E-state index in [0.717, 1.165) is 5.56 Å². The SMILES string of the molecule is CC(=O)Nc1ccc(C)c(NC(=O)CC(O)c2ccc(Cl)cc2)c1. The molecular formula is C18H19ClN2O3. The average Bonchev–Trinajstić information content (AvgIpc) is 2.50. The number of aliphatic hydroxyl groups excluding tert-OH is 1. The van der Waals surface area contributed by atoms with Crippen molar-refractivity contribution in [3.8, 4) is 0 Å². The highest BCUT2D eigenvalue weighted by molar-refractivity contribution is 6.30. The van der Waals surface area contributed by atoms with Crippen LogP contribution in [0.3, 0.4) is 0 Å². The van der Waals surface area contributed by atoms with Gasteiger partial charge in [0.05, 0.1) is 12.5 Å². The molecule has 0 saturated heterocycles. The first kappa shape index (κ1) is 18.0. The molecule has 0 spiro atoms. The fourth-order valence-electron chi connectivity index (χ4n) is 2.22. The summed E-state index contributed by atoms with van der Waals surface area (Å²) in [6, 6.07) is 11.9. The maximum atomic E-state index is 12.2. The number of hydrogen-bond acceptors (Lipinski definition) is 3. The number of benzene rings is 2. The fraction of sp³-hybridized carbons (Fsp3) is 0.222. The van der Waals surface area contributed by atoms with Crippen LogP contribution in [0.25, 0.3) is 0 Å². The number of rotatable bonds is 5. The number of anilines is 2. The Bertz CT molecular complexity index is 744. The first-order chi connectivity index (χ1) is 11.3. The minimum Gasteiger partial charge on any atom is -0.388 e. The average molecular weight is 347 g/mol. The molecule has 126 valence electrons. The zero-order valence-corrected chi connectivity index (χ0v) is 14.2. The molecule has 0 aliphatic heterocycles. The Hall–Kier alpha value is -2.37. The second-order valence-corrected chi connectivity index (χ2v) is 5.97. The summed E-state index contributed by atoms with van der Waals surface area (Å²) < 4.78 is 0. The predicted molar refractivity (Wildman–Crippen MR) is 95.1 cm³/mol. The molecule has 2 amide bonds. The summed E-state index contributed by atoms with van der Waals surface area (Å²) in [5.74, 6) is -0.505. The summed E-state index contributed by atoms with van der Waals surface area (Å²) in [4.78, 5) is 23.3. The van der Waals surface area contributed by atoms with Crippen LogP contribution in [0.2, 0.25) is 5.02 Å². The number of aryl methyl sites for hydroxylation is 1. The van der Waals surface area contributed by atoms with E-state index in [0.29, 0.717) is 22.0 Å². The lowest BCUT2D eigenvalue weighted by Crippen LogP contribution is -2.16. The monoisotopic (exact) mass is 346 g/mol. The quantitative estimate of drug-likeness (QED) is 0.773. The van der Waals surface area contributed by atoms with Crippen molar-refractivity contribution in [2.24, 2.45) is 0 Å². The Morgan fingerprint density at radius 1 is 1.12 bits per heavy atom. The van der Waals surface area contributed by atoms with Crippen LogP contribution < -0.4 is 10.6 Å². The molecule has 0 radical (unpaired) electrons. The number of halogens is 1. The van der Waals surface area contributed by atoms with E-state index in [1.807, 2.05) is 6.92 Å². The molecule has 0 saturated carbocycles. The number of aliphatic hydroxyl groups is 1. The van der Waals surface area contributed by atoms with Crippen molar-refractivity contribution >= 4 is 34.8 Å². The zero-order valence-electron chi connectivity index (χ0n) is 13.5. The number of hydrogen-bond donors (Lipinski definition) is 3. The Morgan fingerprint density at radius 2 is 1.79 bits per heavy atom. The van der Waals surface area contributed by atoms with Gasteiger partial charge in [0.1, 0.15) is 0 Å². The van der Waals surface area contributed by atoms with Crippen molar-refractivity contribution in [3.63, 3.8) is 0 Å². The zero-order chi connectivity index (χ0) is 17.7. The Morgan fingerprint density at radius 3 is 2.42 bits per heavy atom. The summed E-state index contributed by atoms with van der Waals surface area (Å²) in [6.07, 6.45) is -0.994. The molecule has 1 unspecified atom stereocenters. The molecule has 24 heavy (non-hydrogen) atoms. The molecule has 0 heterocycles. The highest BCUT2D eigenvalue weighted by Crippen LogP contribution is 2.23. The Balaban J connectivity index is 2.03. The minimum atomic E-state index is -0.916. The van der Waals surface area contributed by atoms with Crippen molar-refractivity contribution < 1.29 is 14.7 Å². The summed E-state index contributed by atoms with van der Waals surface area (Å²) in [5.41, 5.74) is 2.67. The molecule has 0 aliphatic rings. The molecule has 6 heteroatoms. The van der Waals surface area contributed by atoms with E-state index in [2.05, 4.69) is 10.6 Å². The van der Waals surface area contributed by atoms with Gasteiger partial charge in [-0.15, -0.1) is 0 Å². The second-order valence-electron chi connectivity index (χ2n) is 5.53. The van der Waals surface area contributed by atoms with E-state index in [4.69, 9.17) is 11.6 Å². The van der Waals surface area contributed by atoms with Crippen LogP contribution in [-0.2, 0) is 9.59 Å². The van der Waals surface area contributed by atoms with Crippen LogP contribution in [0, 0.1) is 6.92 Å². The van der Waals surface area contributed by atoms with Gasteiger partial charge in [0.25, 0.3) is 0 Å². The van der Waals surface area contributed by atoms with Crippen LogP contribution in [-0.4, -0.2) is 16.9 Å². The van der Waals surface area contributed by atoms with Gasteiger partial charge in [0.15, 0.2) is 0 Å². The third-order valence-corrected chi connectivity index (χ3v) is 3.72. The summed E-state index contributed by atoms with van der Waals surface area (Å²) in [6.45, 7) is 3.27. The first-order valence-electron chi connectivity index (χ1n) is 7.47. The van der Waals surface area contributed by atoms with E-state index in [1.54, 1.807) is 42.5 Å². The van der Waals surface area contributed by atoms with Crippen molar-refractivity contribution in [3.05, 3.63) is 58.6 Å². The third-order valence-electron chi connectivity index (χ3n) is 3.47. The Kier molecular flexibility index (Phi) is 5.95. The molecule has 2 aromatic carbocycles. The molecule has 5 nitrogen and oxygen atoms in total. The van der Waals surface area contributed by atoms with Gasteiger partial charge in [-0.2, -0.15) is 0 Å². The second kappa shape index (κ2) is 7.95. The summed E-state index contributed by atoms with van der Waals surface area (Å²) in [5, 5.41) is 16.1. The van der Waals surface area contributed by atoms with E-state index >= 15 is 0 Å². The standard InChI is InChI=1S/C18H19ClN2O3/c1-11-3-8-15(20-12(2)22)9-16(11)21-18(24)10-17(23)13-4-6-14(19)7-5-13/h3-9,17,23H,10H2,1-2H3,(H,20,22)(H,21,24). The summed E-state index contributed by atoms with van der Waals surface area (Å²) in [7, 11) is 0. The van der Waals surface area contributed by atoms with Crippen LogP contribution in [0.1, 0.15) is 30.6 Å². The van der Waals surface area contributed by atoms with Crippen molar-refractivity contribution in [1.82, 2.24) is 0 Å².